The Balaban J connectivity index is 1.46. The van der Waals surface area contributed by atoms with Gasteiger partial charge in [0.15, 0.2) is 0 Å². The summed E-state index contributed by atoms with van der Waals surface area (Å²) in [5.74, 6) is -0.307. The van der Waals surface area contributed by atoms with Crippen molar-refractivity contribution in [2.45, 2.75) is 6.42 Å². The number of aromatic nitrogens is 1. The fraction of sp³-hybridized carbons (Fsp3) is 0.217. The molecule has 1 N–H and O–H groups in total. The number of pyridine rings is 1. The minimum Gasteiger partial charge on any atom is -0.374 e. The molecule has 2 aromatic carbocycles. The third kappa shape index (κ3) is 4.06. The van der Waals surface area contributed by atoms with Gasteiger partial charge < -0.3 is 10.2 Å². The number of halogens is 1. The van der Waals surface area contributed by atoms with Gasteiger partial charge in [0.25, 0.3) is 11.5 Å². The Morgan fingerprint density at radius 3 is 2.66 bits per heavy atom. The number of para-hydroxylation sites is 1. The van der Waals surface area contributed by atoms with E-state index in [4.69, 9.17) is 0 Å². The molecule has 1 aromatic heterocycles. The summed E-state index contributed by atoms with van der Waals surface area (Å²) in [5, 5.41) is 2.99. The zero-order chi connectivity index (χ0) is 20.4. The van der Waals surface area contributed by atoms with E-state index in [0.29, 0.717) is 23.7 Å². The highest BCUT2D eigenvalue weighted by Gasteiger charge is 2.22. The molecule has 1 unspecified atom stereocenters. The van der Waals surface area contributed by atoms with Crippen LogP contribution in [0.4, 0.5) is 10.1 Å². The van der Waals surface area contributed by atoms with Crippen LogP contribution in [0, 0.1) is 11.7 Å². The Morgan fingerprint density at radius 1 is 1.10 bits per heavy atom. The van der Waals surface area contributed by atoms with Gasteiger partial charge in [0.05, 0.1) is 5.56 Å². The summed E-state index contributed by atoms with van der Waals surface area (Å²) in [7, 11) is 2.06. The first kappa shape index (κ1) is 18.9. The van der Waals surface area contributed by atoms with E-state index in [1.54, 1.807) is 0 Å². The molecule has 0 spiro atoms. The monoisotopic (exact) mass is 391 g/mol. The molecule has 0 radical (unpaired) electrons. The topological polar surface area (TPSA) is 54.3 Å². The Labute approximate surface area is 168 Å². The van der Waals surface area contributed by atoms with Crippen molar-refractivity contribution < 1.29 is 9.18 Å². The van der Waals surface area contributed by atoms with Crippen molar-refractivity contribution in [1.82, 2.24) is 9.88 Å². The smallest absolute Gasteiger partial charge is 0.255 e. The molecule has 0 saturated heterocycles. The summed E-state index contributed by atoms with van der Waals surface area (Å²) in [6, 6.07) is 16.8. The largest absolute Gasteiger partial charge is 0.374 e. The Hall–Kier alpha value is -3.41. The first-order valence-corrected chi connectivity index (χ1v) is 9.57. The zero-order valence-electron chi connectivity index (χ0n) is 16.1. The summed E-state index contributed by atoms with van der Waals surface area (Å²) in [6.07, 6.45) is 2.41. The van der Waals surface area contributed by atoms with Gasteiger partial charge in [-0.25, -0.2) is 4.39 Å². The molecule has 1 amide bonds. The molecule has 1 aliphatic heterocycles. The van der Waals surface area contributed by atoms with Gasteiger partial charge in [-0.2, -0.15) is 0 Å². The van der Waals surface area contributed by atoms with Crippen LogP contribution < -0.4 is 15.8 Å². The van der Waals surface area contributed by atoms with Crippen LogP contribution in [-0.2, 0) is 6.42 Å². The maximum Gasteiger partial charge on any atom is 0.255 e. The first-order valence-electron chi connectivity index (χ1n) is 9.57. The maximum absolute atomic E-state index is 13.2. The van der Waals surface area contributed by atoms with Crippen LogP contribution in [0.3, 0.4) is 0 Å². The number of hydrogen-bond acceptors (Lipinski definition) is 3. The molecule has 0 fully saturated rings. The second kappa shape index (κ2) is 7.91. The normalized spacial score (nSPS) is 15.7. The van der Waals surface area contributed by atoms with Crippen molar-refractivity contribution in [3.63, 3.8) is 0 Å². The molecule has 5 nitrogen and oxygen atoms in total. The van der Waals surface area contributed by atoms with Crippen LogP contribution in [0.25, 0.3) is 5.69 Å². The number of carbonyl (C=O) groups excluding carboxylic acids is 1. The molecule has 29 heavy (non-hydrogen) atoms. The number of nitrogens with zero attached hydrogens (tertiary/aromatic N) is 2. The third-order valence-electron chi connectivity index (χ3n) is 5.27. The van der Waals surface area contributed by atoms with Crippen molar-refractivity contribution in [2.24, 2.45) is 5.92 Å². The zero-order valence-corrected chi connectivity index (χ0v) is 16.1. The van der Waals surface area contributed by atoms with Gasteiger partial charge >= 0.3 is 0 Å². The number of nitrogens with one attached hydrogen (secondary N) is 1. The number of carbonyl (C=O) groups is 1. The minimum atomic E-state index is -0.380. The molecular formula is C23H22FN3O2. The van der Waals surface area contributed by atoms with E-state index in [9.17, 15) is 14.0 Å². The molecule has 6 heteroatoms. The molecule has 148 valence electrons. The van der Waals surface area contributed by atoms with E-state index in [2.05, 4.69) is 29.4 Å². The van der Waals surface area contributed by atoms with E-state index in [-0.39, 0.29) is 17.3 Å². The lowest BCUT2D eigenvalue weighted by Gasteiger charge is -2.33. The van der Waals surface area contributed by atoms with E-state index in [1.165, 1.54) is 58.4 Å². The average molecular weight is 391 g/mol. The molecule has 1 aliphatic rings. The van der Waals surface area contributed by atoms with Gasteiger partial charge in [0, 0.05) is 43.8 Å². The lowest BCUT2D eigenvalue weighted by molar-refractivity contribution is 0.0946. The molecule has 4 rings (SSSR count). The van der Waals surface area contributed by atoms with Gasteiger partial charge in [-0.15, -0.1) is 0 Å². The number of amides is 1. The summed E-state index contributed by atoms with van der Waals surface area (Å²) < 4.78 is 14.5. The standard InChI is InChI=1S/C23H22FN3O2/c1-26-14-16(12-17-4-2-3-5-21(17)26)13-25-23(29)18-6-11-22(28)27(15-18)20-9-7-19(24)8-10-20/h2-11,15-16H,12-14H2,1H3,(H,25,29). The third-order valence-corrected chi connectivity index (χ3v) is 5.27. The van der Waals surface area contributed by atoms with Crippen molar-refractivity contribution in [1.29, 1.82) is 0 Å². The van der Waals surface area contributed by atoms with Crippen LogP contribution in [0.15, 0.2) is 71.7 Å². The summed E-state index contributed by atoms with van der Waals surface area (Å²) in [4.78, 5) is 27.0. The van der Waals surface area contributed by atoms with Crippen molar-refractivity contribution in [3.05, 3.63) is 94.2 Å². The maximum atomic E-state index is 13.2. The van der Waals surface area contributed by atoms with Gasteiger partial charge in [-0.3, -0.25) is 14.2 Å². The Morgan fingerprint density at radius 2 is 1.86 bits per heavy atom. The summed E-state index contributed by atoms with van der Waals surface area (Å²) in [5.41, 5.74) is 3.14. The van der Waals surface area contributed by atoms with Crippen LogP contribution >= 0.6 is 0 Å². The van der Waals surface area contributed by atoms with Crippen LogP contribution in [0.5, 0.6) is 0 Å². The molecule has 0 bridgehead atoms. The van der Waals surface area contributed by atoms with E-state index >= 15 is 0 Å². The van der Waals surface area contributed by atoms with Crippen molar-refractivity contribution >= 4 is 11.6 Å². The Kier molecular flexibility index (Phi) is 5.16. The minimum absolute atomic E-state index is 0.234. The summed E-state index contributed by atoms with van der Waals surface area (Å²) in [6.45, 7) is 1.42. The molecular weight excluding hydrogens is 369 g/mol. The van der Waals surface area contributed by atoms with E-state index in [0.717, 1.165) is 13.0 Å². The lowest BCUT2D eigenvalue weighted by Crippen LogP contribution is -2.39. The van der Waals surface area contributed by atoms with Gasteiger partial charge in [-0.1, -0.05) is 18.2 Å². The van der Waals surface area contributed by atoms with Crippen LogP contribution in [0.2, 0.25) is 0 Å². The molecule has 1 atom stereocenters. The predicted molar refractivity (Wildman–Crippen MR) is 111 cm³/mol. The second-order valence-corrected chi connectivity index (χ2v) is 7.39. The highest BCUT2D eigenvalue weighted by Crippen LogP contribution is 2.27. The molecule has 3 aromatic rings. The lowest BCUT2D eigenvalue weighted by atomic mass is 9.93. The van der Waals surface area contributed by atoms with Crippen LogP contribution in [0.1, 0.15) is 15.9 Å². The SMILES string of the molecule is CN1CC(CNC(=O)c2ccc(=O)n(-c3ccc(F)cc3)c2)Cc2ccccc21. The number of rotatable bonds is 4. The molecule has 2 heterocycles. The predicted octanol–water partition coefficient (Wildman–Crippen LogP) is 3.02. The number of fused-ring (bicyclic) bond motifs is 1. The number of anilines is 1. The van der Waals surface area contributed by atoms with E-state index in [1.807, 2.05) is 12.1 Å². The number of benzene rings is 2. The van der Waals surface area contributed by atoms with Crippen molar-refractivity contribution in [3.8, 4) is 5.69 Å². The number of hydrogen-bond donors (Lipinski definition) is 1. The first-order chi connectivity index (χ1) is 14.0. The highest BCUT2D eigenvalue weighted by atomic mass is 19.1. The van der Waals surface area contributed by atoms with Gasteiger partial charge in [0.1, 0.15) is 5.82 Å². The summed E-state index contributed by atoms with van der Waals surface area (Å²) >= 11 is 0. The van der Waals surface area contributed by atoms with Gasteiger partial charge in [-0.05, 0) is 54.3 Å². The second-order valence-electron chi connectivity index (χ2n) is 7.39. The fourth-order valence-corrected chi connectivity index (χ4v) is 3.82. The molecule has 0 aliphatic carbocycles. The fourth-order valence-electron chi connectivity index (χ4n) is 3.82. The van der Waals surface area contributed by atoms with Gasteiger partial charge in [0.2, 0.25) is 0 Å². The Bertz CT molecular complexity index is 1090. The quantitative estimate of drug-likeness (QED) is 0.744. The average Bonchev–Trinajstić information content (AvgIpc) is 2.73. The molecule has 0 saturated carbocycles. The van der Waals surface area contributed by atoms with Crippen molar-refractivity contribution in [2.75, 3.05) is 25.0 Å². The van der Waals surface area contributed by atoms with Crippen LogP contribution in [-0.4, -0.2) is 30.6 Å². The highest BCUT2D eigenvalue weighted by molar-refractivity contribution is 5.93. The van der Waals surface area contributed by atoms with E-state index < -0.39 is 0 Å².